The summed E-state index contributed by atoms with van der Waals surface area (Å²) in [6.07, 6.45) is 8.34. The van der Waals surface area contributed by atoms with E-state index in [2.05, 4.69) is 22.3 Å². The fraction of sp³-hybridized carbons (Fsp3) is 0.500. The highest BCUT2D eigenvalue weighted by molar-refractivity contribution is 7.15. The van der Waals surface area contributed by atoms with Crippen molar-refractivity contribution in [1.29, 1.82) is 0 Å². The van der Waals surface area contributed by atoms with E-state index in [1.807, 2.05) is 10.9 Å². The minimum Gasteiger partial charge on any atom is -0.381 e. The van der Waals surface area contributed by atoms with Crippen LogP contribution in [-0.2, 0) is 4.74 Å². The summed E-state index contributed by atoms with van der Waals surface area (Å²) in [5.41, 5.74) is 12.6. The van der Waals surface area contributed by atoms with Crippen LogP contribution in [0, 0.1) is 11.8 Å². The molecule has 1 atom stereocenters. The molecule has 2 saturated heterocycles. The number of thiophene rings is 1. The lowest BCUT2D eigenvalue weighted by molar-refractivity contribution is 0.0662. The third kappa shape index (κ3) is 5.12. The van der Waals surface area contributed by atoms with E-state index < -0.39 is 11.9 Å². The maximum absolute atomic E-state index is 12.3. The van der Waals surface area contributed by atoms with Crippen LogP contribution < -0.4 is 21.7 Å². The fourth-order valence-electron chi connectivity index (χ4n) is 4.20. The number of carbonyl (C=O) groups is 2. The average Bonchev–Trinajstić information content (AvgIpc) is 3.34. The molecule has 2 aromatic heterocycles. The van der Waals surface area contributed by atoms with Crippen molar-refractivity contribution in [3.05, 3.63) is 33.8 Å². The first-order chi connectivity index (χ1) is 15.5. The molecule has 2 aliphatic heterocycles. The second-order valence-electron chi connectivity index (χ2n) is 8.05. The van der Waals surface area contributed by atoms with Crippen molar-refractivity contribution in [3.63, 3.8) is 0 Å². The second-order valence-corrected chi connectivity index (χ2v) is 9.11. The molecule has 3 amide bonds. The third-order valence-corrected chi connectivity index (χ3v) is 6.87. The topological polar surface area (TPSA) is 128 Å². The summed E-state index contributed by atoms with van der Waals surface area (Å²) < 4.78 is 7.35. The van der Waals surface area contributed by atoms with Crippen LogP contribution >= 0.6 is 11.3 Å². The molecule has 0 aliphatic carbocycles. The van der Waals surface area contributed by atoms with Gasteiger partial charge in [-0.25, -0.2) is 4.79 Å². The Labute approximate surface area is 191 Å². The summed E-state index contributed by atoms with van der Waals surface area (Å²) >= 11 is 1.17. The van der Waals surface area contributed by atoms with Crippen molar-refractivity contribution < 1.29 is 14.3 Å². The average molecular weight is 457 g/mol. The number of urea groups is 1. The van der Waals surface area contributed by atoms with E-state index >= 15 is 0 Å². The number of rotatable bonds is 4. The number of anilines is 1. The van der Waals surface area contributed by atoms with Crippen LogP contribution in [0.15, 0.2) is 18.5 Å². The molecule has 5 N–H and O–H groups in total. The number of primary amides is 2. The summed E-state index contributed by atoms with van der Waals surface area (Å²) in [6.45, 7) is 3.00. The van der Waals surface area contributed by atoms with Gasteiger partial charge in [0.05, 0.1) is 34.4 Å². The maximum Gasteiger partial charge on any atom is 0.319 e. The fourth-order valence-corrected chi connectivity index (χ4v) is 5.06. The zero-order valence-corrected chi connectivity index (χ0v) is 18.7. The van der Waals surface area contributed by atoms with Gasteiger partial charge in [-0.2, -0.15) is 5.10 Å². The summed E-state index contributed by atoms with van der Waals surface area (Å²) in [5.74, 6) is 5.60. The van der Waals surface area contributed by atoms with Crippen LogP contribution in [0.25, 0.3) is 0 Å². The molecule has 0 bridgehead atoms. The Kier molecular flexibility index (Phi) is 7.09. The van der Waals surface area contributed by atoms with Gasteiger partial charge in [-0.1, -0.05) is 18.3 Å². The largest absolute Gasteiger partial charge is 0.381 e. The van der Waals surface area contributed by atoms with Crippen LogP contribution in [0.2, 0.25) is 0 Å². The zero-order chi connectivity index (χ0) is 22.5. The Balaban J connectivity index is 1.59. The molecule has 2 fully saturated rings. The van der Waals surface area contributed by atoms with E-state index in [1.165, 1.54) is 16.2 Å². The van der Waals surface area contributed by atoms with Crippen LogP contribution in [0.5, 0.6) is 0 Å². The van der Waals surface area contributed by atoms with E-state index in [4.69, 9.17) is 16.2 Å². The molecule has 0 saturated carbocycles. The number of aromatic nitrogens is 2. The van der Waals surface area contributed by atoms with Gasteiger partial charge < -0.3 is 21.5 Å². The van der Waals surface area contributed by atoms with Gasteiger partial charge in [-0.3, -0.25) is 14.4 Å². The van der Waals surface area contributed by atoms with Crippen LogP contribution in [0.4, 0.5) is 10.5 Å². The first kappa shape index (κ1) is 22.3. The van der Waals surface area contributed by atoms with Crippen molar-refractivity contribution in [1.82, 2.24) is 15.1 Å². The molecule has 32 heavy (non-hydrogen) atoms. The van der Waals surface area contributed by atoms with Gasteiger partial charge in [0, 0.05) is 26.0 Å². The Hall–Kier alpha value is -2.87. The second kappa shape index (κ2) is 10.2. The lowest BCUT2D eigenvalue weighted by Gasteiger charge is -2.29. The SMILES string of the molecule is NC(=O)c1sc(C#Cc2cnn(C3CCOCC3)c2)cc1N(C(N)=O)[C@H]1CCCCNC1. The number of ether oxygens (including phenoxy) is 1. The Morgan fingerprint density at radius 1 is 1.22 bits per heavy atom. The normalized spacial score (nSPS) is 19.6. The molecule has 0 radical (unpaired) electrons. The first-order valence-electron chi connectivity index (χ1n) is 10.9. The molecular weight excluding hydrogens is 428 g/mol. The van der Waals surface area contributed by atoms with Crippen molar-refractivity contribution in [2.45, 2.75) is 44.2 Å². The predicted molar refractivity (Wildman–Crippen MR) is 123 cm³/mol. The molecular formula is C22H28N6O3S. The predicted octanol–water partition coefficient (Wildman–Crippen LogP) is 1.82. The number of nitrogens with one attached hydrogen (secondary N) is 1. The molecule has 0 spiro atoms. The van der Waals surface area contributed by atoms with Crippen molar-refractivity contribution >= 4 is 29.0 Å². The molecule has 170 valence electrons. The van der Waals surface area contributed by atoms with E-state index in [9.17, 15) is 9.59 Å². The van der Waals surface area contributed by atoms with E-state index in [0.717, 1.165) is 57.4 Å². The van der Waals surface area contributed by atoms with Crippen LogP contribution in [-0.4, -0.2) is 54.1 Å². The Morgan fingerprint density at radius 3 is 2.78 bits per heavy atom. The molecule has 0 aromatic carbocycles. The lowest BCUT2D eigenvalue weighted by atomic mass is 10.1. The lowest BCUT2D eigenvalue weighted by Crippen LogP contribution is -2.48. The highest BCUT2D eigenvalue weighted by atomic mass is 32.1. The smallest absolute Gasteiger partial charge is 0.319 e. The number of nitrogens with zero attached hydrogens (tertiary/aromatic N) is 3. The molecule has 10 heteroatoms. The van der Waals surface area contributed by atoms with E-state index in [0.29, 0.717) is 23.2 Å². The van der Waals surface area contributed by atoms with Crippen molar-refractivity contribution in [2.75, 3.05) is 31.2 Å². The standard InChI is InChI=1S/C22H28N6O3S/c23-21(29)20-19(28(22(24)30)17-3-1-2-8-25-13-17)11-18(32-20)5-4-15-12-26-27(14-15)16-6-9-31-10-7-16/h11-12,14,16-17,25H,1-3,6-10,13H2,(H2,23,29)(H2,24,30)/t17-/m0/s1. The maximum atomic E-state index is 12.3. The number of nitrogens with two attached hydrogens (primary N) is 2. The molecule has 2 aliphatic rings. The highest BCUT2D eigenvalue weighted by Gasteiger charge is 2.29. The summed E-state index contributed by atoms with van der Waals surface area (Å²) in [6, 6.07) is 1.32. The van der Waals surface area contributed by atoms with Crippen LogP contribution in [0.3, 0.4) is 0 Å². The Morgan fingerprint density at radius 2 is 2.03 bits per heavy atom. The number of hydrogen-bond acceptors (Lipinski definition) is 6. The van der Waals surface area contributed by atoms with Gasteiger partial charge in [0.25, 0.3) is 5.91 Å². The monoisotopic (exact) mass is 456 g/mol. The van der Waals surface area contributed by atoms with Gasteiger partial charge in [0.15, 0.2) is 0 Å². The Bertz CT molecular complexity index is 1020. The van der Waals surface area contributed by atoms with Gasteiger partial charge in [-0.15, -0.1) is 11.3 Å². The minimum atomic E-state index is -0.601. The van der Waals surface area contributed by atoms with Crippen molar-refractivity contribution in [3.8, 4) is 11.8 Å². The summed E-state index contributed by atoms with van der Waals surface area (Å²) in [7, 11) is 0. The quantitative estimate of drug-likeness (QED) is 0.605. The molecule has 4 rings (SSSR count). The number of hydrogen-bond donors (Lipinski definition) is 3. The first-order valence-corrected chi connectivity index (χ1v) is 11.7. The molecule has 0 unspecified atom stereocenters. The summed E-state index contributed by atoms with van der Waals surface area (Å²) in [4.78, 5) is 26.9. The van der Waals surface area contributed by atoms with Gasteiger partial charge >= 0.3 is 6.03 Å². The molecule has 9 nitrogen and oxygen atoms in total. The highest BCUT2D eigenvalue weighted by Crippen LogP contribution is 2.32. The molecule has 4 heterocycles. The third-order valence-electron chi connectivity index (χ3n) is 5.82. The van der Waals surface area contributed by atoms with Gasteiger partial charge in [0.2, 0.25) is 0 Å². The van der Waals surface area contributed by atoms with Gasteiger partial charge in [0.1, 0.15) is 4.88 Å². The number of amides is 3. The molecule has 2 aromatic rings. The van der Waals surface area contributed by atoms with Gasteiger partial charge in [-0.05, 0) is 38.3 Å². The van der Waals surface area contributed by atoms with Crippen molar-refractivity contribution in [2.24, 2.45) is 11.5 Å². The summed E-state index contributed by atoms with van der Waals surface area (Å²) in [5, 5.41) is 7.76. The van der Waals surface area contributed by atoms with E-state index in [1.54, 1.807) is 12.3 Å². The number of carbonyl (C=O) groups excluding carboxylic acids is 2. The minimum absolute atomic E-state index is 0.138. The van der Waals surface area contributed by atoms with E-state index in [-0.39, 0.29) is 10.9 Å². The zero-order valence-electron chi connectivity index (χ0n) is 17.9. The van der Waals surface area contributed by atoms with Crippen LogP contribution in [0.1, 0.15) is 58.3 Å².